The summed E-state index contributed by atoms with van der Waals surface area (Å²) >= 11 is 0. The molecule has 122 valence electrons. The number of rotatable bonds is 5. The van der Waals surface area contributed by atoms with Crippen LogP contribution in [0.4, 0.5) is 4.39 Å². The highest BCUT2D eigenvalue weighted by Gasteiger charge is 2.04. The highest BCUT2D eigenvalue weighted by molar-refractivity contribution is 5.79. The van der Waals surface area contributed by atoms with Crippen LogP contribution in [-0.4, -0.2) is 36.1 Å². The van der Waals surface area contributed by atoms with E-state index in [0.29, 0.717) is 12.1 Å². The molecule has 2 rings (SSSR count). The lowest BCUT2D eigenvalue weighted by molar-refractivity contribution is -0.137. The fourth-order valence-electron chi connectivity index (χ4n) is 2.10. The molecule has 24 heavy (non-hydrogen) atoms. The van der Waals surface area contributed by atoms with E-state index in [0.717, 1.165) is 11.1 Å². The smallest absolute Gasteiger partial charge is 0.317 e. The van der Waals surface area contributed by atoms with Crippen LogP contribution in [0.1, 0.15) is 11.1 Å². The molecular weight excluding hydrogens is 305 g/mol. The minimum Gasteiger partial charge on any atom is -0.480 e. The van der Waals surface area contributed by atoms with Crippen molar-refractivity contribution in [2.75, 3.05) is 20.1 Å². The Morgan fingerprint density at radius 1 is 1.17 bits per heavy atom. The van der Waals surface area contributed by atoms with Gasteiger partial charge in [-0.25, -0.2) is 4.39 Å². The van der Waals surface area contributed by atoms with Crippen molar-refractivity contribution in [1.29, 1.82) is 0 Å². The first kappa shape index (κ1) is 17.5. The first-order chi connectivity index (χ1) is 11.6. The second-order valence-corrected chi connectivity index (χ2v) is 5.30. The van der Waals surface area contributed by atoms with E-state index in [2.05, 4.69) is 11.8 Å². The lowest BCUT2D eigenvalue weighted by Crippen LogP contribution is -2.25. The summed E-state index contributed by atoms with van der Waals surface area (Å²) in [5.41, 5.74) is 1.97. The van der Waals surface area contributed by atoms with E-state index < -0.39 is 5.97 Å². The molecule has 2 aromatic rings. The molecule has 0 spiro atoms. The Morgan fingerprint density at radius 3 is 2.50 bits per heavy atom. The van der Waals surface area contributed by atoms with Gasteiger partial charge in [-0.1, -0.05) is 60.4 Å². The summed E-state index contributed by atoms with van der Waals surface area (Å²) in [5.74, 6) is 4.60. The number of halogens is 1. The predicted octanol–water partition coefficient (Wildman–Crippen LogP) is 3.28. The van der Waals surface area contributed by atoms with Crippen molar-refractivity contribution in [3.63, 3.8) is 0 Å². The van der Waals surface area contributed by atoms with Crippen LogP contribution in [0.3, 0.4) is 0 Å². The third kappa shape index (κ3) is 5.38. The lowest BCUT2D eigenvalue weighted by Gasteiger charge is -2.11. The minimum absolute atomic E-state index is 0.0562. The third-order valence-electron chi connectivity index (χ3n) is 3.30. The van der Waals surface area contributed by atoms with E-state index in [-0.39, 0.29) is 12.4 Å². The summed E-state index contributed by atoms with van der Waals surface area (Å²) in [5, 5.41) is 8.82. The summed E-state index contributed by atoms with van der Waals surface area (Å²) in [6.07, 6.45) is 1.85. The van der Waals surface area contributed by atoms with Crippen molar-refractivity contribution in [3.8, 4) is 11.8 Å². The van der Waals surface area contributed by atoms with Crippen LogP contribution in [-0.2, 0) is 4.79 Å². The van der Waals surface area contributed by atoms with E-state index in [4.69, 9.17) is 5.11 Å². The Hall–Kier alpha value is -2.90. The van der Waals surface area contributed by atoms with Gasteiger partial charge < -0.3 is 5.11 Å². The van der Waals surface area contributed by atoms with Gasteiger partial charge in [0.15, 0.2) is 0 Å². The van der Waals surface area contributed by atoms with Gasteiger partial charge in [-0.15, -0.1) is 0 Å². The molecule has 3 nitrogen and oxygen atoms in total. The predicted molar refractivity (Wildman–Crippen MR) is 92.8 cm³/mol. The molecule has 2 aromatic carbocycles. The van der Waals surface area contributed by atoms with Gasteiger partial charge in [-0.2, -0.15) is 0 Å². The zero-order chi connectivity index (χ0) is 17.4. The van der Waals surface area contributed by atoms with Gasteiger partial charge in [0.1, 0.15) is 5.82 Å². The second-order valence-electron chi connectivity index (χ2n) is 5.30. The van der Waals surface area contributed by atoms with Crippen LogP contribution in [0.2, 0.25) is 0 Å². The minimum atomic E-state index is -0.885. The van der Waals surface area contributed by atoms with E-state index in [1.807, 2.05) is 36.4 Å². The summed E-state index contributed by atoms with van der Waals surface area (Å²) in [6, 6.07) is 15.9. The molecule has 0 aromatic heterocycles. The average molecular weight is 323 g/mol. The van der Waals surface area contributed by atoms with Gasteiger partial charge in [0, 0.05) is 12.1 Å². The van der Waals surface area contributed by atoms with Crippen LogP contribution in [0.5, 0.6) is 0 Å². The molecule has 0 saturated carbocycles. The summed E-state index contributed by atoms with van der Waals surface area (Å²) in [6.45, 7) is 0.377. The number of carboxylic acid groups (broad SMARTS) is 1. The zero-order valence-corrected chi connectivity index (χ0v) is 13.4. The van der Waals surface area contributed by atoms with Gasteiger partial charge in [-0.05, 0) is 24.7 Å². The molecule has 0 radical (unpaired) electrons. The Bertz CT molecular complexity index is 788. The molecule has 0 bridgehead atoms. The maximum atomic E-state index is 13.7. The Balaban J connectivity index is 2.28. The van der Waals surface area contributed by atoms with Gasteiger partial charge >= 0.3 is 5.97 Å². The Kier molecular flexibility index (Phi) is 6.30. The summed E-state index contributed by atoms with van der Waals surface area (Å²) < 4.78 is 13.7. The van der Waals surface area contributed by atoms with Crippen molar-refractivity contribution >= 4 is 11.5 Å². The highest BCUT2D eigenvalue weighted by atomic mass is 19.1. The van der Waals surface area contributed by atoms with Crippen molar-refractivity contribution in [2.24, 2.45) is 0 Å². The molecule has 0 unspecified atom stereocenters. The first-order valence-electron chi connectivity index (χ1n) is 7.48. The normalized spacial score (nSPS) is 11.0. The lowest BCUT2D eigenvalue weighted by atomic mass is 10.1. The molecular formula is C20H18FNO2. The molecule has 0 aliphatic carbocycles. The molecule has 0 saturated heterocycles. The number of hydrogen-bond acceptors (Lipinski definition) is 2. The third-order valence-corrected chi connectivity index (χ3v) is 3.30. The van der Waals surface area contributed by atoms with Crippen molar-refractivity contribution < 1.29 is 14.3 Å². The number of allylic oxidation sites excluding steroid dienone is 1. The molecule has 0 amide bonds. The summed E-state index contributed by atoms with van der Waals surface area (Å²) in [7, 11) is 1.72. The molecule has 0 aliphatic rings. The standard InChI is InChI=1S/C20H18FNO2/c1-22(15-20(23)24)14-13-17(16-7-3-2-4-8-16)11-12-18-9-5-6-10-19(18)21/h2-10,13H,14-15H2,1H3,(H,23,24)/b17-13-. The van der Waals surface area contributed by atoms with Gasteiger partial charge in [0.05, 0.1) is 12.1 Å². The number of hydrogen-bond donors (Lipinski definition) is 1. The SMILES string of the molecule is CN(C/C=C(/C#Cc1ccccc1F)c1ccccc1)CC(=O)O. The number of aliphatic carboxylic acids is 1. The van der Waals surface area contributed by atoms with E-state index in [9.17, 15) is 9.18 Å². The van der Waals surface area contributed by atoms with Gasteiger partial charge in [0.25, 0.3) is 0 Å². The zero-order valence-electron chi connectivity index (χ0n) is 13.4. The second kappa shape index (κ2) is 8.66. The summed E-state index contributed by atoms with van der Waals surface area (Å²) in [4.78, 5) is 12.4. The van der Waals surface area contributed by atoms with Crippen LogP contribution < -0.4 is 0 Å². The topological polar surface area (TPSA) is 40.5 Å². The number of nitrogens with zero attached hydrogens (tertiary/aromatic N) is 1. The van der Waals surface area contributed by atoms with Crippen LogP contribution in [0, 0.1) is 17.7 Å². The molecule has 1 N–H and O–H groups in total. The molecule has 0 heterocycles. The first-order valence-corrected chi connectivity index (χ1v) is 7.48. The van der Waals surface area contributed by atoms with Crippen molar-refractivity contribution in [2.45, 2.75) is 0 Å². The number of benzene rings is 2. The Morgan fingerprint density at radius 2 is 1.83 bits per heavy atom. The highest BCUT2D eigenvalue weighted by Crippen LogP contribution is 2.14. The number of carbonyl (C=O) groups is 1. The average Bonchev–Trinajstić information content (AvgIpc) is 2.56. The van der Waals surface area contributed by atoms with Gasteiger partial charge in [0.2, 0.25) is 0 Å². The van der Waals surface area contributed by atoms with Crippen molar-refractivity contribution in [3.05, 3.63) is 77.6 Å². The van der Waals surface area contributed by atoms with Gasteiger partial charge in [-0.3, -0.25) is 9.69 Å². The molecule has 0 atom stereocenters. The van der Waals surface area contributed by atoms with E-state index >= 15 is 0 Å². The largest absolute Gasteiger partial charge is 0.480 e. The quantitative estimate of drug-likeness (QED) is 0.859. The van der Waals surface area contributed by atoms with E-state index in [1.54, 1.807) is 30.1 Å². The fraction of sp³-hybridized carbons (Fsp3) is 0.150. The molecule has 0 fully saturated rings. The van der Waals surface area contributed by atoms with Crippen LogP contribution >= 0.6 is 0 Å². The number of likely N-dealkylation sites (N-methyl/N-ethyl adjacent to an activating group) is 1. The van der Waals surface area contributed by atoms with Crippen LogP contribution in [0.15, 0.2) is 60.7 Å². The Labute approximate surface area is 141 Å². The monoisotopic (exact) mass is 323 g/mol. The maximum Gasteiger partial charge on any atom is 0.317 e. The number of carboxylic acids is 1. The van der Waals surface area contributed by atoms with Crippen LogP contribution in [0.25, 0.3) is 5.57 Å². The van der Waals surface area contributed by atoms with Crippen molar-refractivity contribution in [1.82, 2.24) is 4.90 Å². The van der Waals surface area contributed by atoms with E-state index in [1.165, 1.54) is 6.07 Å². The maximum absolute atomic E-state index is 13.7. The molecule has 0 aliphatic heterocycles. The fourth-order valence-corrected chi connectivity index (χ4v) is 2.10. The molecule has 4 heteroatoms.